The summed E-state index contributed by atoms with van der Waals surface area (Å²) in [6.07, 6.45) is -1.53. The molecular formula is C17H11Cl2F2N3O2. The molecule has 0 aliphatic rings. The van der Waals surface area contributed by atoms with Crippen molar-refractivity contribution in [1.82, 2.24) is 14.5 Å². The minimum atomic E-state index is -2.76. The van der Waals surface area contributed by atoms with Gasteiger partial charge in [-0.1, -0.05) is 23.7 Å². The molecule has 134 valence electrons. The Morgan fingerprint density at radius 1 is 1.15 bits per heavy atom. The Balaban J connectivity index is 2.24. The first-order chi connectivity index (χ1) is 12.4. The third kappa shape index (κ3) is 3.68. The number of imidazole rings is 1. The number of hydrogen-bond acceptors (Lipinski definition) is 3. The summed E-state index contributed by atoms with van der Waals surface area (Å²) in [7, 11) is 0. The van der Waals surface area contributed by atoms with E-state index in [9.17, 15) is 13.6 Å². The summed E-state index contributed by atoms with van der Waals surface area (Å²) in [5, 5.41) is 9.61. The maximum atomic E-state index is 13.0. The van der Waals surface area contributed by atoms with Crippen LogP contribution in [-0.2, 0) is 11.3 Å². The van der Waals surface area contributed by atoms with Crippen molar-refractivity contribution in [3.8, 4) is 22.5 Å². The quantitative estimate of drug-likeness (QED) is 0.661. The van der Waals surface area contributed by atoms with Crippen LogP contribution in [0.2, 0.25) is 10.3 Å². The van der Waals surface area contributed by atoms with Gasteiger partial charge in [-0.05, 0) is 35.9 Å². The highest BCUT2D eigenvalue weighted by Gasteiger charge is 2.22. The van der Waals surface area contributed by atoms with Gasteiger partial charge in [0.1, 0.15) is 12.2 Å². The lowest BCUT2D eigenvalue weighted by Gasteiger charge is -2.10. The largest absolute Gasteiger partial charge is 0.480 e. The van der Waals surface area contributed by atoms with Gasteiger partial charge in [-0.25, -0.2) is 13.8 Å². The average molecular weight is 398 g/mol. The summed E-state index contributed by atoms with van der Waals surface area (Å²) in [6, 6.07) is 9.34. The van der Waals surface area contributed by atoms with Crippen LogP contribution in [0.3, 0.4) is 0 Å². The fraction of sp³-hybridized carbons (Fsp3) is 0.118. The van der Waals surface area contributed by atoms with Crippen molar-refractivity contribution < 1.29 is 18.7 Å². The van der Waals surface area contributed by atoms with Crippen molar-refractivity contribution >= 4 is 29.2 Å². The van der Waals surface area contributed by atoms with Crippen LogP contribution in [0.1, 0.15) is 12.1 Å². The molecule has 9 heteroatoms. The van der Waals surface area contributed by atoms with Crippen molar-refractivity contribution in [3.63, 3.8) is 0 Å². The minimum absolute atomic E-state index is 0.0669. The van der Waals surface area contributed by atoms with E-state index in [2.05, 4.69) is 9.97 Å². The Labute approximate surface area is 156 Å². The molecule has 1 aromatic carbocycles. The van der Waals surface area contributed by atoms with Crippen LogP contribution in [0.4, 0.5) is 8.78 Å². The molecular weight excluding hydrogens is 387 g/mol. The lowest BCUT2D eigenvalue weighted by Crippen LogP contribution is -2.10. The molecule has 3 aromatic rings. The number of pyridine rings is 1. The number of aromatic nitrogens is 3. The van der Waals surface area contributed by atoms with Crippen LogP contribution < -0.4 is 0 Å². The zero-order valence-corrected chi connectivity index (χ0v) is 14.5. The summed E-state index contributed by atoms with van der Waals surface area (Å²) in [5.41, 5.74) is 1.19. The third-order valence-electron chi connectivity index (χ3n) is 3.61. The molecule has 3 rings (SSSR count). The van der Waals surface area contributed by atoms with E-state index in [1.165, 1.54) is 22.9 Å². The fourth-order valence-corrected chi connectivity index (χ4v) is 2.88. The van der Waals surface area contributed by atoms with Gasteiger partial charge in [0.05, 0.1) is 11.4 Å². The van der Waals surface area contributed by atoms with Gasteiger partial charge in [0.25, 0.3) is 6.43 Å². The predicted octanol–water partition coefficient (Wildman–Crippen LogP) is 4.94. The maximum absolute atomic E-state index is 13.0. The molecule has 0 bridgehead atoms. The highest BCUT2D eigenvalue weighted by molar-refractivity contribution is 6.30. The summed E-state index contributed by atoms with van der Waals surface area (Å²) in [4.78, 5) is 19.1. The molecule has 0 unspecified atom stereocenters. The van der Waals surface area contributed by atoms with Crippen LogP contribution in [-0.4, -0.2) is 25.6 Å². The Morgan fingerprint density at radius 2 is 1.85 bits per heavy atom. The number of nitrogens with zero attached hydrogens (tertiary/aromatic N) is 3. The van der Waals surface area contributed by atoms with E-state index in [0.717, 1.165) is 0 Å². The van der Waals surface area contributed by atoms with Gasteiger partial charge in [-0.2, -0.15) is 0 Å². The van der Waals surface area contributed by atoms with E-state index in [0.29, 0.717) is 27.5 Å². The molecule has 0 aliphatic carbocycles. The summed E-state index contributed by atoms with van der Waals surface area (Å²) in [5.74, 6) is -1.14. The normalized spacial score (nSPS) is 11.1. The van der Waals surface area contributed by atoms with Crippen LogP contribution in [0.15, 0.2) is 42.6 Å². The molecule has 2 heterocycles. The van der Waals surface area contributed by atoms with E-state index >= 15 is 0 Å². The molecule has 0 aliphatic heterocycles. The number of alkyl halides is 2. The number of carbonyl (C=O) groups is 1. The molecule has 0 spiro atoms. The Hall–Kier alpha value is -2.51. The molecule has 0 saturated heterocycles. The van der Waals surface area contributed by atoms with Crippen molar-refractivity contribution in [1.29, 1.82) is 0 Å². The number of halogens is 4. The van der Waals surface area contributed by atoms with Crippen LogP contribution in [0.25, 0.3) is 22.5 Å². The van der Waals surface area contributed by atoms with Crippen molar-refractivity contribution in [2.24, 2.45) is 0 Å². The van der Waals surface area contributed by atoms with Crippen LogP contribution >= 0.6 is 23.2 Å². The fourth-order valence-electron chi connectivity index (χ4n) is 2.52. The van der Waals surface area contributed by atoms with Crippen molar-refractivity contribution in [2.75, 3.05) is 0 Å². The monoisotopic (exact) mass is 397 g/mol. The lowest BCUT2D eigenvalue weighted by atomic mass is 10.0. The Kier molecular flexibility index (Phi) is 5.20. The molecule has 2 aromatic heterocycles. The Bertz CT molecular complexity index is 959. The minimum Gasteiger partial charge on any atom is -0.480 e. The number of benzene rings is 1. The molecule has 0 radical (unpaired) electrons. The van der Waals surface area contributed by atoms with Gasteiger partial charge in [0.2, 0.25) is 5.28 Å². The van der Waals surface area contributed by atoms with E-state index in [4.69, 9.17) is 28.3 Å². The van der Waals surface area contributed by atoms with E-state index in [1.54, 1.807) is 24.3 Å². The summed E-state index contributed by atoms with van der Waals surface area (Å²) in [6.45, 7) is -0.471. The third-order valence-corrected chi connectivity index (χ3v) is 4.15. The molecule has 26 heavy (non-hydrogen) atoms. The SMILES string of the molecule is O=C(O)Cn1c(Cl)nc(-c2ccc(Cl)cc2)c1-c1ccnc(C(F)F)c1. The van der Waals surface area contributed by atoms with Crippen LogP contribution in [0, 0.1) is 0 Å². The number of aliphatic carboxylic acids is 1. The zero-order valence-electron chi connectivity index (χ0n) is 13.0. The first-order valence-electron chi connectivity index (χ1n) is 7.35. The standard InChI is InChI=1S/C17H11Cl2F2N3O2/c18-11-3-1-9(2-4-11)14-15(24(8-13(25)26)17(19)23-14)10-5-6-22-12(7-10)16(20)21/h1-7,16H,8H2,(H,25,26). The zero-order chi connectivity index (χ0) is 18.8. The van der Waals surface area contributed by atoms with Crippen molar-refractivity contribution in [2.45, 2.75) is 13.0 Å². The van der Waals surface area contributed by atoms with Crippen molar-refractivity contribution in [3.05, 3.63) is 58.6 Å². The van der Waals surface area contributed by atoms with Crippen LogP contribution in [0.5, 0.6) is 0 Å². The van der Waals surface area contributed by atoms with Gasteiger partial charge in [-0.3, -0.25) is 9.78 Å². The highest BCUT2D eigenvalue weighted by Crippen LogP contribution is 2.35. The summed E-state index contributed by atoms with van der Waals surface area (Å²) < 4.78 is 27.3. The predicted molar refractivity (Wildman–Crippen MR) is 93.5 cm³/mol. The van der Waals surface area contributed by atoms with E-state index in [1.807, 2.05) is 0 Å². The van der Waals surface area contributed by atoms with E-state index < -0.39 is 24.6 Å². The van der Waals surface area contributed by atoms with Gasteiger partial charge in [0.15, 0.2) is 0 Å². The second-order valence-corrected chi connectivity index (χ2v) is 6.11. The maximum Gasteiger partial charge on any atom is 0.323 e. The Morgan fingerprint density at radius 3 is 2.46 bits per heavy atom. The first kappa shape index (κ1) is 18.3. The molecule has 0 saturated carbocycles. The number of rotatable bonds is 5. The molecule has 0 amide bonds. The molecule has 5 nitrogen and oxygen atoms in total. The molecule has 0 atom stereocenters. The second-order valence-electron chi connectivity index (χ2n) is 5.33. The highest BCUT2D eigenvalue weighted by atomic mass is 35.5. The number of carboxylic acids is 1. The topological polar surface area (TPSA) is 68.0 Å². The van der Waals surface area contributed by atoms with E-state index in [-0.39, 0.29) is 5.28 Å². The average Bonchev–Trinajstić information content (AvgIpc) is 2.91. The lowest BCUT2D eigenvalue weighted by molar-refractivity contribution is -0.137. The summed E-state index contributed by atoms with van der Waals surface area (Å²) >= 11 is 12.0. The molecule has 0 fully saturated rings. The van der Waals surface area contributed by atoms with Gasteiger partial charge in [0, 0.05) is 22.3 Å². The molecule has 1 N–H and O–H groups in total. The number of hydrogen-bond donors (Lipinski definition) is 1. The smallest absolute Gasteiger partial charge is 0.323 e. The second kappa shape index (κ2) is 7.39. The van der Waals surface area contributed by atoms with Gasteiger partial charge >= 0.3 is 5.97 Å². The van der Waals surface area contributed by atoms with Gasteiger partial charge in [-0.15, -0.1) is 0 Å². The van der Waals surface area contributed by atoms with Gasteiger partial charge < -0.3 is 9.67 Å². The first-order valence-corrected chi connectivity index (χ1v) is 8.10. The number of carboxylic acid groups (broad SMARTS) is 1.